The zero-order valence-electron chi connectivity index (χ0n) is 7.53. The van der Waals surface area contributed by atoms with Crippen LogP contribution in [-0.4, -0.2) is 0 Å². The second-order valence-electron chi connectivity index (χ2n) is 3.43. The second-order valence-corrected chi connectivity index (χ2v) is 3.43. The molecule has 2 fully saturated rings. The fourth-order valence-corrected chi connectivity index (χ4v) is 1.80. The summed E-state index contributed by atoms with van der Waals surface area (Å²) in [5.74, 6) is 2.09. The molecule has 14 heavy (non-hydrogen) atoms. The summed E-state index contributed by atoms with van der Waals surface area (Å²) in [5, 5.41) is 0. The maximum absolute atomic E-state index is 11.5. The van der Waals surface area contributed by atoms with E-state index in [9.17, 15) is 4.79 Å². The number of hydrogen-bond donors (Lipinski definition) is 0. The highest BCUT2D eigenvalue weighted by molar-refractivity contribution is 5.68. The van der Waals surface area contributed by atoms with Gasteiger partial charge in [0.2, 0.25) is 0 Å². The van der Waals surface area contributed by atoms with E-state index in [0.29, 0.717) is 0 Å². The van der Waals surface area contributed by atoms with Crippen LogP contribution in [0.1, 0.15) is 11.1 Å². The Kier molecular flexibility index (Phi) is 2.00. The molecule has 1 aromatic rings. The van der Waals surface area contributed by atoms with Crippen molar-refractivity contribution >= 4 is 0 Å². The van der Waals surface area contributed by atoms with Crippen LogP contribution in [0.15, 0.2) is 4.79 Å². The molecule has 0 aliphatic heterocycles. The summed E-state index contributed by atoms with van der Waals surface area (Å²) in [5.41, 5.74) is 1.98. The van der Waals surface area contributed by atoms with Gasteiger partial charge in [-0.05, 0) is 51.4 Å². The molecule has 1 nitrogen and oxygen atoms in total. The van der Waals surface area contributed by atoms with E-state index in [1.54, 1.807) is 0 Å². The summed E-state index contributed by atoms with van der Waals surface area (Å²) in [7, 11) is 0. The van der Waals surface area contributed by atoms with Gasteiger partial charge in [0.25, 0.3) is 0 Å². The second kappa shape index (κ2) is 3.22. The molecule has 0 saturated heterocycles. The molecule has 66 valence electrons. The van der Waals surface area contributed by atoms with Gasteiger partial charge in [0.1, 0.15) is 0 Å². The molecule has 3 rings (SSSR count). The summed E-state index contributed by atoms with van der Waals surface area (Å²) < 4.78 is 0. The van der Waals surface area contributed by atoms with Gasteiger partial charge < -0.3 is 0 Å². The quantitative estimate of drug-likeness (QED) is 0.673. The third kappa shape index (κ3) is 1.25. The Morgan fingerprint density at radius 3 is 1.36 bits per heavy atom. The molecule has 1 heteroatoms. The molecule has 0 atom stereocenters. The minimum Gasteiger partial charge on any atom is -0.289 e. The van der Waals surface area contributed by atoms with Crippen molar-refractivity contribution in [3.63, 3.8) is 0 Å². The molecule has 0 spiro atoms. The first-order valence-electron chi connectivity index (χ1n) is 4.61. The average Bonchev–Trinajstić information content (AvgIpc) is 2.76. The molecule has 0 N–H and O–H groups in total. The summed E-state index contributed by atoms with van der Waals surface area (Å²) in [6.07, 6.45) is 15.7. The van der Waals surface area contributed by atoms with Crippen molar-refractivity contribution in [1.29, 1.82) is 0 Å². The fraction of sp³-hybridized carbons (Fsp3) is 0. The lowest BCUT2D eigenvalue weighted by Gasteiger charge is -2.01. The highest BCUT2D eigenvalue weighted by Crippen LogP contribution is 2.40. The van der Waals surface area contributed by atoms with Gasteiger partial charge in [0.15, 0.2) is 5.43 Å². The van der Waals surface area contributed by atoms with Gasteiger partial charge in [-0.3, -0.25) is 4.79 Å². The van der Waals surface area contributed by atoms with E-state index in [1.807, 2.05) is 51.4 Å². The maximum Gasteiger partial charge on any atom is 0.187 e. The molecule has 0 aromatic heterocycles. The molecular formula is C13H8O. The van der Waals surface area contributed by atoms with Gasteiger partial charge in [-0.15, -0.1) is 0 Å². The zero-order chi connectivity index (χ0) is 9.54. The molecule has 0 unspecified atom stereocenters. The molecule has 10 radical (unpaired) electrons. The monoisotopic (exact) mass is 180 g/mol. The first kappa shape index (κ1) is 8.70. The molecule has 1 aromatic carbocycles. The van der Waals surface area contributed by atoms with Crippen molar-refractivity contribution in [2.24, 2.45) is 0 Å². The lowest BCUT2D eigenvalue weighted by Crippen LogP contribution is -1.92. The summed E-state index contributed by atoms with van der Waals surface area (Å²) in [6, 6.07) is 0. The summed E-state index contributed by atoms with van der Waals surface area (Å²) in [6.45, 7) is 0. The molecule has 2 aliphatic rings. The Bertz CT molecular complexity index is 300. The van der Waals surface area contributed by atoms with Crippen molar-refractivity contribution in [1.82, 2.24) is 0 Å². The Labute approximate surface area is 85.2 Å². The van der Waals surface area contributed by atoms with Crippen LogP contribution in [0.4, 0.5) is 0 Å². The van der Waals surface area contributed by atoms with Crippen LogP contribution < -0.4 is 5.43 Å². The molecule has 0 amide bonds. The van der Waals surface area contributed by atoms with E-state index in [4.69, 9.17) is 0 Å². The van der Waals surface area contributed by atoms with Crippen molar-refractivity contribution in [3.8, 4) is 0 Å². The van der Waals surface area contributed by atoms with Crippen molar-refractivity contribution in [2.45, 2.75) is 0 Å². The normalized spacial score (nSPS) is 25.4. The molecule has 0 bridgehead atoms. The first-order valence-corrected chi connectivity index (χ1v) is 4.61. The van der Waals surface area contributed by atoms with Gasteiger partial charge in [0, 0.05) is 23.0 Å². The maximum atomic E-state index is 11.5. The largest absolute Gasteiger partial charge is 0.289 e. The summed E-state index contributed by atoms with van der Waals surface area (Å²) in [4.78, 5) is 11.5. The molecular weight excluding hydrogens is 172 g/mol. The molecule has 2 aliphatic carbocycles. The standard InChI is InChI=1S/C13H8O/c14-13-11(9-5-1-2-6-9)12(13)10-7-3-4-8-10/h1-8H. The van der Waals surface area contributed by atoms with E-state index < -0.39 is 0 Å². The Morgan fingerprint density at radius 1 is 0.643 bits per heavy atom. The van der Waals surface area contributed by atoms with Crippen LogP contribution in [0.2, 0.25) is 0 Å². The van der Waals surface area contributed by atoms with E-state index in [0.717, 1.165) is 23.0 Å². The first-order chi connectivity index (χ1) is 6.88. The van der Waals surface area contributed by atoms with Crippen LogP contribution in [0, 0.1) is 63.2 Å². The van der Waals surface area contributed by atoms with E-state index in [2.05, 4.69) is 0 Å². The minimum atomic E-state index is 0.197. The van der Waals surface area contributed by atoms with Gasteiger partial charge in [-0.25, -0.2) is 0 Å². The van der Waals surface area contributed by atoms with Crippen LogP contribution in [0.5, 0.6) is 0 Å². The SMILES string of the molecule is O=c1c([C]2[CH][CH][CH][CH]2)c1[C]1[CH][CH][CH][CH]1. The van der Waals surface area contributed by atoms with E-state index in [1.165, 1.54) is 0 Å². The van der Waals surface area contributed by atoms with Crippen molar-refractivity contribution in [2.75, 3.05) is 0 Å². The average molecular weight is 180 g/mol. The van der Waals surface area contributed by atoms with Crippen LogP contribution in [0.25, 0.3) is 0 Å². The van der Waals surface area contributed by atoms with Gasteiger partial charge in [-0.1, -0.05) is 0 Å². The van der Waals surface area contributed by atoms with E-state index in [-0.39, 0.29) is 5.43 Å². The Hall–Kier alpha value is -0.590. The predicted octanol–water partition coefficient (Wildman–Crippen LogP) is 1.43. The molecule has 0 heterocycles. The Morgan fingerprint density at radius 2 is 1.00 bits per heavy atom. The highest BCUT2D eigenvalue weighted by atomic mass is 16.1. The third-order valence-electron chi connectivity index (χ3n) is 2.54. The van der Waals surface area contributed by atoms with Gasteiger partial charge in [-0.2, -0.15) is 0 Å². The van der Waals surface area contributed by atoms with Crippen LogP contribution in [-0.2, 0) is 0 Å². The zero-order valence-corrected chi connectivity index (χ0v) is 7.53. The topological polar surface area (TPSA) is 17.1 Å². The predicted molar refractivity (Wildman–Crippen MR) is 54.2 cm³/mol. The lowest BCUT2D eigenvalue weighted by molar-refractivity contribution is 1.29. The smallest absolute Gasteiger partial charge is 0.187 e. The van der Waals surface area contributed by atoms with Crippen molar-refractivity contribution < 1.29 is 0 Å². The number of hydrogen-bond acceptors (Lipinski definition) is 1. The van der Waals surface area contributed by atoms with Gasteiger partial charge >= 0.3 is 0 Å². The number of rotatable bonds is 2. The fourth-order valence-electron chi connectivity index (χ4n) is 1.80. The summed E-state index contributed by atoms with van der Waals surface area (Å²) >= 11 is 0. The third-order valence-corrected chi connectivity index (χ3v) is 2.54. The lowest BCUT2D eigenvalue weighted by atomic mass is 9.99. The van der Waals surface area contributed by atoms with E-state index >= 15 is 0 Å². The van der Waals surface area contributed by atoms with Crippen LogP contribution in [0.3, 0.4) is 0 Å². The van der Waals surface area contributed by atoms with Crippen LogP contribution >= 0.6 is 0 Å². The molecule has 2 saturated carbocycles. The minimum absolute atomic E-state index is 0.197. The Balaban J connectivity index is 1.77. The highest BCUT2D eigenvalue weighted by Gasteiger charge is 2.38. The van der Waals surface area contributed by atoms with Crippen molar-refractivity contribution in [3.05, 3.63) is 84.6 Å². The van der Waals surface area contributed by atoms with Gasteiger partial charge in [0.05, 0.1) is 0 Å².